The minimum atomic E-state index is -0.592. The van der Waals surface area contributed by atoms with Crippen molar-refractivity contribution in [3.8, 4) is 0 Å². The predicted molar refractivity (Wildman–Crippen MR) is 77.4 cm³/mol. The SMILES string of the molecule is O=c1c2cc3ccc(F)cc3cc2oc2c(F)cccc12. The highest BCUT2D eigenvalue weighted by atomic mass is 19.1. The zero-order valence-electron chi connectivity index (χ0n) is 10.7. The molecule has 0 fully saturated rings. The molecule has 1 heterocycles. The molecule has 1 aromatic heterocycles. The van der Waals surface area contributed by atoms with Gasteiger partial charge in [-0.3, -0.25) is 4.79 Å². The summed E-state index contributed by atoms with van der Waals surface area (Å²) in [6.07, 6.45) is 0. The van der Waals surface area contributed by atoms with Gasteiger partial charge in [0.15, 0.2) is 11.4 Å². The number of fused-ring (bicyclic) bond motifs is 3. The summed E-state index contributed by atoms with van der Waals surface area (Å²) in [5.74, 6) is -0.970. The van der Waals surface area contributed by atoms with Crippen molar-refractivity contribution in [2.45, 2.75) is 0 Å². The third kappa shape index (κ3) is 1.72. The molecule has 0 amide bonds. The molecule has 0 saturated heterocycles. The summed E-state index contributed by atoms with van der Waals surface area (Å²) in [5, 5.41) is 1.88. The molecule has 21 heavy (non-hydrogen) atoms. The maximum atomic E-state index is 13.8. The maximum Gasteiger partial charge on any atom is 0.200 e. The first-order valence-corrected chi connectivity index (χ1v) is 6.38. The van der Waals surface area contributed by atoms with Gasteiger partial charge in [-0.15, -0.1) is 0 Å². The van der Waals surface area contributed by atoms with Crippen molar-refractivity contribution in [2.75, 3.05) is 0 Å². The third-order valence-corrected chi connectivity index (χ3v) is 3.57. The molecule has 0 saturated carbocycles. The summed E-state index contributed by atoms with van der Waals surface area (Å²) in [7, 11) is 0. The molecule has 4 aromatic rings. The first kappa shape index (κ1) is 12.0. The maximum absolute atomic E-state index is 13.8. The zero-order chi connectivity index (χ0) is 14.6. The Hall–Kier alpha value is -2.75. The highest BCUT2D eigenvalue weighted by Crippen LogP contribution is 2.25. The van der Waals surface area contributed by atoms with Gasteiger partial charge in [-0.25, -0.2) is 8.78 Å². The fourth-order valence-corrected chi connectivity index (χ4v) is 2.56. The van der Waals surface area contributed by atoms with Crippen LogP contribution in [0.5, 0.6) is 0 Å². The van der Waals surface area contributed by atoms with Crippen molar-refractivity contribution in [1.29, 1.82) is 0 Å². The van der Waals surface area contributed by atoms with Crippen LogP contribution in [0.4, 0.5) is 8.78 Å². The average molecular weight is 282 g/mol. The van der Waals surface area contributed by atoms with Gasteiger partial charge in [-0.05, 0) is 47.2 Å². The molecule has 2 nitrogen and oxygen atoms in total. The Bertz CT molecular complexity index is 1080. The van der Waals surface area contributed by atoms with Crippen LogP contribution in [-0.4, -0.2) is 0 Å². The third-order valence-electron chi connectivity index (χ3n) is 3.57. The molecule has 0 unspecified atom stereocenters. The second-order valence-electron chi connectivity index (χ2n) is 4.89. The fourth-order valence-electron chi connectivity index (χ4n) is 2.56. The lowest BCUT2D eigenvalue weighted by Crippen LogP contribution is -2.03. The van der Waals surface area contributed by atoms with Crippen LogP contribution in [0.3, 0.4) is 0 Å². The molecule has 4 rings (SSSR count). The van der Waals surface area contributed by atoms with Crippen LogP contribution in [-0.2, 0) is 0 Å². The van der Waals surface area contributed by atoms with Gasteiger partial charge in [0.2, 0.25) is 5.43 Å². The number of halogens is 2. The summed E-state index contributed by atoms with van der Waals surface area (Å²) in [5.41, 5.74) is -0.126. The highest BCUT2D eigenvalue weighted by molar-refractivity contribution is 5.99. The fraction of sp³-hybridized carbons (Fsp3) is 0. The van der Waals surface area contributed by atoms with E-state index in [4.69, 9.17) is 4.42 Å². The zero-order valence-corrected chi connectivity index (χ0v) is 10.7. The van der Waals surface area contributed by atoms with E-state index in [1.54, 1.807) is 18.2 Å². The van der Waals surface area contributed by atoms with Crippen molar-refractivity contribution in [1.82, 2.24) is 0 Å². The van der Waals surface area contributed by atoms with Gasteiger partial charge in [0.25, 0.3) is 0 Å². The molecule has 0 aliphatic rings. The van der Waals surface area contributed by atoms with Gasteiger partial charge in [0.1, 0.15) is 11.4 Å². The summed E-state index contributed by atoms with van der Waals surface area (Å²) >= 11 is 0. The molecule has 102 valence electrons. The summed E-state index contributed by atoms with van der Waals surface area (Å²) in [6, 6.07) is 11.7. The molecular weight excluding hydrogens is 274 g/mol. The van der Waals surface area contributed by atoms with Crippen molar-refractivity contribution in [3.63, 3.8) is 0 Å². The van der Waals surface area contributed by atoms with E-state index in [1.165, 1.54) is 30.3 Å². The Kier molecular flexibility index (Phi) is 2.36. The van der Waals surface area contributed by atoms with Crippen molar-refractivity contribution < 1.29 is 13.2 Å². The van der Waals surface area contributed by atoms with E-state index in [-0.39, 0.29) is 27.8 Å². The first-order chi connectivity index (χ1) is 10.1. The molecule has 4 heteroatoms. The molecule has 0 atom stereocenters. The summed E-state index contributed by atoms with van der Waals surface area (Å²) < 4.78 is 32.6. The number of hydrogen-bond donors (Lipinski definition) is 0. The van der Waals surface area contributed by atoms with Crippen LogP contribution in [0.1, 0.15) is 0 Å². The molecule has 0 N–H and O–H groups in total. The Labute approximate surface area is 117 Å². The van der Waals surface area contributed by atoms with Crippen LogP contribution in [0, 0.1) is 11.6 Å². The van der Waals surface area contributed by atoms with Crippen LogP contribution in [0.25, 0.3) is 32.7 Å². The monoisotopic (exact) mass is 282 g/mol. The van der Waals surface area contributed by atoms with E-state index in [1.807, 2.05) is 0 Å². The normalized spacial score (nSPS) is 11.5. The summed E-state index contributed by atoms with van der Waals surface area (Å²) in [4.78, 5) is 12.5. The highest BCUT2D eigenvalue weighted by Gasteiger charge is 2.12. The second kappa shape index (κ2) is 4.12. The molecule has 0 bridgehead atoms. The molecule has 3 aromatic carbocycles. The number of para-hydroxylation sites is 1. The largest absolute Gasteiger partial charge is 0.453 e. The van der Waals surface area contributed by atoms with Crippen molar-refractivity contribution in [3.05, 3.63) is 70.4 Å². The minimum Gasteiger partial charge on any atom is -0.453 e. The number of rotatable bonds is 0. The lowest BCUT2D eigenvalue weighted by atomic mass is 10.1. The molecule has 0 radical (unpaired) electrons. The smallest absolute Gasteiger partial charge is 0.200 e. The van der Waals surface area contributed by atoms with Crippen LogP contribution in [0.15, 0.2) is 57.7 Å². The van der Waals surface area contributed by atoms with Gasteiger partial charge >= 0.3 is 0 Å². The van der Waals surface area contributed by atoms with E-state index < -0.39 is 5.82 Å². The first-order valence-electron chi connectivity index (χ1n) is 6.38. The van der Waals surface area contributed by atoms with Crippen molar-refractivity contribution in [2.24, 2.45) is 0 Å². The number of benzene rings is 3. The van der Waals surface area contributed by atoms with E-state index in [0.29, 0.717) is 10.8 Å². The number of hydrogen-bond acceptors (Lipinski definition) is 2. The standard InChI is InChI=1S/C17H8F2O2/c18-11-5-4-9-7-13-15(8-10(9)6-11)21-17-12(16(13)20)2-1-3-14(17)19/h1-8H. The Morgan fingerprint density at radius 1 is 0.857 bits per heavy atom. The van der Waals surface area contributed by atoms with Gasteiger partial charge in [0.05, 0.1) is 10.8 Å². The van der Waals surface area contributed by atoms with E-state index in [9.17, 15) is 13.6 Å². The Morgan fingerprint density at radius 2 is 1.71 bits per heavy atom. The van der Waals surface area contributed by atoms with E-state index in [0.717, 1.165) is 5.39 Å². The Morgan fingerprint density at radius 3 is 2.57 bits per heavy atom. The van der Waals surface area contributed by atoms with Gasteiger partial charge in [0, 0.05) is 0 Å². The lowest BCUT2D eigenvalue weighted by molar-refractivity contribution is 0.579. The average Bonchev–Trinajstić information content (AvgIpc) is 2.47. The predicted octanol–water partition coefficient (Wildman–Crippen LogP) is 4.38. The summed E-state index contributed by atoms with van der Waals surface area (Å²) in [6.45, 7) is 0. The molecule has 0 aliphatic carbocycles. The Balaban J connectivity index is 2.25. The van der Waals surface area contributed by atoms with Gasteiger partial charge < -0.3 is 4.42 Å². The topological polar surface area (TPSA) is 30.2 Å². The van der Waals surface area contributed by atoms with Crippen LogP contribution in [0.2, 0.25) is 0 Å². The van der Waals surface area contributed by atoms with Gasteiger partial charge in [-0.2, -0.15) is 0 Å². The van der Waals surface area contributed by atoms with Crippen LogP contribution < -0.4 is 5.43 Å². The quantitative estimate of drug-likeness (QED) is 0.448. The lowest BCUT2D eigenvalue weighted by Gasteiger charge is -2.04. The molecule has 0 aliphatic heterocycles. The minimum absolute atomic E-state index is 0.0780. The van der Waals surface area contributed by atoms with Gasteiger partial charge in [-0.1, -0.05) is 12.1 Å². The van der Waals surface area contributed by atoms with Crippen molar-refractivity contribution >= 4 is 32.7 Å². The molecule has 0 spiro atoms. The molecular formula is C17H8F2O2. The van der Waals surface area contributed by atoms with E-state index >= 15 is 0 Å². The van der Waals surface area contributed by atoms with Crippen LogP contribution >= 0.6 is 0 Å². The van der Waals surface area contributed by atoms with E-state index in [2.05, 4.69) is 0 Å². The second-order valence-corrected chi connectivity index (χ2v) is 4.89.